The summed E-state index contributed by atoms with van der Waals surface area (Å²) in [6.07, 6.45) is 0.904. The third-order valence-electron chi connectivity index (χ3n) is 3.88. The molecule has 3 amide bonds. The smallest absolute Gasteiger partial charge is 0.317 e. The van der Waals surface area contributed by atoms with Gasteiger partial charge in [0.15, 0.2) is 5.69 Å². The van der Waals surface area contributed by atoms with Gasteiger partial charge in [-0.3, -0.25) is 9.48 Å². The Hall–Kier alpha value is -2.83. The number of carbonyl (C=O) groups excluding carboxylic acids is 2. The van der Waals surface area contributed by atoms with Crippen molar-refractivity contribution >= 4 is 17.6 Å². The number of amides is 3. The number of nitrogens with zero attached hydrogens (tertiary/aromatic N) is 3. The van der Waals surface area contributed by atoms with Crippen molar-refractivity contribution in [1.82, 2.24) is 20.0 Å². The number of anilines is 1. The van der Waals surface area contributed by atoms with Crippen molar-refractivity contribution in [2.24, 2.45) is 0 Å². The number of para-hydroxylation sites is 1. The highest BCUT2D eigenvalue weighted by molar-refractivity contribution is 6.02. The number of benzene rings is 1. The number of hydrogen-bond donors (Lipinski definition) is 2. The molecule has 2 heterocycles. The first kappa shape index (κ1) is 16.0. The van der Waals surface area contributed by atoms with Crippen molar-refractivity contribution in [2.45, 2.75) is 26.4 Å². The first-order valence-corrected chi connectivity index (χ1v) is 8.13. The molecule has 0 fully saturated rings. The van der Waals surface area contributed by atoms with Crippen LogP contribution in [0.3, 0.4) is 0 Å². The van der Waals surface area contributed by atoms with E-state index in [0.717, 1.165) is 17.8 Å². The summed E-state index contributed by atoms with van der Waals surface area (Å²) in [5.74, 6) is -0.245. The van der Waals surface area contributed by atoms with Crippen LogP contribution in [-0.2, 0) is 13.1 Å². The van der Waals surface area contributed by atoms with Crippen LogP contribution in [0.5, 0.6) is 0 Å². The van der Waals surface area contributed by atoms with Gasteiger partial charge in [0, 0.05) is 18.8 Å². The average molecular weight is 327 g/mol. The number of carbonyl (C=O) groups is 2. The van der Waals surface area contributed by atoms with E-state index in [-0.39, 0.29) is 11.9 Å². The molecule has 2 N–H and O–H groups in total. The first-order chi connectivity index (χ1) is 11.7. The number of fused-ring (bicyclic) bond motifs is 1. The lowest BCUT2D eigenvalue weighted by atomic mass is 10.2. The molecule has 1 aliphatic heterocycles. The molecule has 1 aromatic carbocycles. The van der Waals surface area contributed by atoms with Crippen molar-refractivity contribution in [3.8, 4) is 0 Å². The Labute approximate surface area is 140 Å². The van der Waals surface area contributed by atoms with Crippen molar-refractivity contribution < 1.29 is 9.59 Å². The zero-order valence-electron chi connectivity index (χ0n) is 13.7. The number of aromatic nitrogens is 2. The molecular weight excluding hydrogens is 306 g/mol. The summed E-state index contributed by atoms with van der Waals surface area (Å²) in [6.45, 7) is 4.32. The predicted octanol–water partition coefficient (Wildman–Crippen LogP) is 2.07. The quantitative estimate of drug-likeness (QED) is 0.902. The van der Waals surface area contributed by atoms with E-state index in [1.54, 1.807) is 15.6 Å². The van der Waals surface area contributed by atoms with Crippen molar-refractivity contribution in [1.29, 1.82) is 0 Å². The maximum atomic E-state index is 12.3. The average Bonchev–Trinajstić information content (AvgIpc) is 3.04. The molecule has 0 spiro atoms. The number of nitrogens with one attached hydrogen (secondary N) is 2. The maximum Gasteiger partial charge on any atom is 0.317 e. The van der Waals surface area contributed by atoms with Crippen LogP contribution in [0.1, 0.15) is 29.5 Å². The largest absolute Gasteiger partial charge is 0.338 e. The standard InChI is InChI=1S/C17H21N5O2/c1-2-8-18-17(24)21-9-10-22-14(12-21)11-15(20-22)16(23)19-13-6-4-3-5-7-13/h3-7,11H,2,8-10,12H2,1H3,(H,18,24)(H,19,23). The van der Waals surface area contributed by atoms with Gasteiger partial charge < -0.3 is 15.5 Å². The third-order valence-corrected chi connectivity index (χ3v) is 3.88. The Morgan fingerprint density at radius 3 is 2.75 bits per heavy atom. The van der Waals surface area contributed by atoms with Crippen LogP contribution in [0.25, 0.3) is 0 Å². The van der Waals surface area contributed by atoms with E-state index in [1.807, 2.05) is 37.3 Å². The number of urea groups is 1. The molecule has 126 valence electrons. The summed E-state index contributed by atoms with van der Waals surface area (Å²) in [7, 11) is 0. The van der Waals surface area contributed by atoms with Gasteiger partial charge in [-0.1, -0.05) is 25.1 Å². The Morgan fingerprint density at radius 2 is 2.00 bits per heavy atom. The molecule has 0 unspecified atom stereocenters. The Kier molecular flexibility index (Phi) is 4.79. The molecule has 24 heavy (non-hydrogen) atoms. The zero-order valence-corrected chi connectivity index (χ0v) is 13.7. The fourth-order valence-corrected chi connectivity index (χ4v) is 2.61. The highest BCUT2D eigenvalue weighted by Crippen LogP contribution is 2.15. The second-order valence-corrected chi connectivity index (χ2v) is 5.72. The molecule has 0 bridgehead atoms. The molecule has 7 heteroatoms. The number of rotatable bonds is 4. The molecule has 0 saturated carbocycles. The van der Waals surface area contributed by atoms with Gasteiger partial charge in [-0.05, 0) is 24.6 Å². The van der Waals surface area contributed by atoms with Gasteiger partial charge in [0.25, 0.3) is 5.91 Å². The van der Waals surface area contributed by atoms with Crippen LogP contribution >= 0.6 is 0 Å². The summed E-state index contributed by atoms with van der Waals surface area (Å²) in [6, 6.07) is 10.9. The zero-order chi connectivity index (χ0) is 16.9. The maximum absolute atomic E-state index is 12.3. The monoisotopic (exact) mass is 327 g/mol. The van der Waals surface area contributed by atoms with Crippen molar-refractivity contribution in [3.05, 3.63) is 47.8 Å². The lowest BCUT2D eigenvalue weighted by Gasteiger charge is -2.27. The SMILES string of the molecule is CCCNC(=O)N1CCn2nc(C(=O)Nc3ccccc3)cc2C1. The fourth-order valence-electron chi connectivity index (χ4n) is 2.61. The Bertz CT molecular complexity index is 726. The van der Waals surface area contributed by atoms with Gasteiger partial charge in [-0.25, -0.2) is 4.79 Å². The van der Waals surface area contributed by atoms with E-state index in [4.69, 9.17) is 0 Å². The van der Waals surface area contributed by atoms with Crippen LogP contribution in [0, 0.1) is 0 Å². The predicted molar refractivity (Wildman–Crippen MR) is 90.7 cm³/mol. The second-order valence-electron chi connectivity index (χ2n) is 5.72. The third kappa shape index (κ3) is 3.56. The van der Waals surface area contributed by atoms with E-state index in [0.29, 0.717) is 31.9 Å². The highest BCUT2D eigenvalue weighted by atomic mass is 16.2. The Morgan fingerprint density at radius 1 is 1.21 bits per heavy atom. The molecule has 2 aromatic rings. The van der Waals surface area contributed by atoms with E-state index in [1.165, 1.54) is 0 Å². The van der Waals surface area contributed by atoms with Crippen LogP contribution in [0.2, 0.25) is 0 Å². The highest BCUT2D eigenvalue weighted by Gasteiger charge is 2.23. The first-order valence-electron chi connectivity index (χ1n) is 8.13. The van der Waals surface area contributed by atoms with Gasteiger partial charge in [-0.15, -0.1) is 0 Å². The molecule has 0 radical (unpaired) electrons. The fraction of sp³-hybridized carbons (Fsp3) is 0.353. The van der Waals surface area contributed by atoms with Crippen molar-refractivity contribution in [2.75, 3.05) is 18.4 Å². The molecule has 1 aromatic heterocycles. The molecule has 7 nitrogen and oxygen atoms in total. The van der Waals surface area contributed by atoms with E-state index in [9.17, 15) is 9.59 Å². The molecular formula is C17H21N5O2. The van der Waals surface area contributed by atoms with Gasteiger partial charge in [0.2, 0.25) is 0 Å². The lowest BCUT2D eigenvalue weighted by Crippen LogP contribution is -2.44. The summed E-state index contributed by atoms with van der Waals surface area (Å²) < 4.78 is 1.80. The Balaban J connectivity index is 1.66. The van der Waals surface area contributed by atoms with E-state index < -0.39 is 0 Å². The van der Waals surface area contributed by atoms with Crippen LogP contribution in [0.15, 0.2) is 36.4 Å². The normalized spacial score (nSPS) is 13.3. The summed E-state index contributed by atoms with van der Waals surface area (Å²) in [5.41, 5.74) is 1.96. The van der Waals surface area contributed by atoms with E-state index >= 15 is 0 Å². The second kappa shape index (κ2) is 7.16. The van der Waals surface area contributed by atoms with Gasteiger partial charge in [0.1, 0.15) is 0 Å². The van der Waals surface area contributed by atoms with Crippen LogP contribution in [-0.4, -0.2) is 39.7 Å². The summed E-state index contributed by atoms with van der Waals surface area (Å²) in [5, 5.41) is 10.0. The topological polar surface area (TPSA) is 79.3 Å². The van der Waals surface area contributed by atoms with Crippen molar-refractivity contribution in [3.63, 3.8) is 0 Å². The van der Waals surface area contributed by atoms with E-state index in [2.05, 4.69) is 15.7 Å². The minimum absolute atomic E-state index is 0.0698. The molecule has 0 aliphatic carbocycles. The summed E-state index contributed by atoms with van der Waals surface area (Å²) >= 11 is 0. The summed E-state index contributed by atoms with van der Waals surface area (Å²) in [4.78, 5) is 26.1. The van der Waals surface area contributed by atoms with Crippen LogP contribution < -0.4 is 10.6 Å². The van der Waals surface area contributed by atoms with Gasteiger partial charge >= 0.3 is 6.03 Å². The molecule has 0 atom stereocenters. The minimum Gasteiger partial charge on any atom is -0.338 e. The minimum atomic E-state index is -0.245. The number of hydrogen-bond acceptors (Lipinski definition) is 3. The molecule has 0 saturated heterocycles. The van der Waals surface area contributed by atoms with Crippen LogP contribution in [0.4, 0.5) is 10.5 Å². The van der Waals surface area contributed by atoms with Gasteiger partial charge in [-0.2, -0.15) is 5.10 Å². The van der Waals surface area contributed by atoms with Gasteiger partial charge in [0.05, 0.1) is 18.8 Å². The molecule has 1 aliphatic rings. The lowest BCUT2D eigenvalue weighted by molar-refractivity contribution is 0.102. The molecule has 3 rings (SSSR count).